The number of rotatable bonds is 5. The van der Waals surface area contributed by atoms with E-state index in [0.29, 0.717) is 11.4 Å². The molecule has 0 aliphatic rings. The summed E-state index contributed by atoms with van der Waals surface area (Å²) in [4.78, 5) is 12.4. The van der Waals surface area contributed by atoms with Crippen molar-refractivity contribution >= 4 is 27.3 Å². The van der Waals surface area contributed by atoms with Crippen LogP contribution in [0.3, 0.4) is 0 Å². The van der Waals surface area contributed by atoms with Gasteiger partial charge in [-0.15, -0.1) is 0 Å². The minimum atomic E-state index is -3.81. The molecule has 0 saturated heterocycles. The zero-order valence-corrected chi connectivity index (χ0v) is 15.9. The van der Waals surface area contributed by atoms with Crippen molar-refractivity contribution in [2.75, 3.05) is 10.0 Å². The summed E-state index contributed by atoms with van der Waals surface area (Å²) in [6.07, 6.45) is 0. The fourth-order valence-electron chi connectivity index (χ4n) is 2.78. The largest absolute Gasteiger partial charge is 0.322 e. The molecule has 138 valence electrons. The molecule has 0 fully saturated rings. The zero-order valence-electron chi connectivity index (χ0n) is 15.1. The van der Waals surface area contributed by atoms with E-state index < -0.39 is 10.0 Å². The lowest BCUT2D eigenvalue weighted by Gasteiger charge is -2.11. The maximum Gasteiger partial charge on any atom is 0.261 e. The summed E-state index contributed by atoms with van der Waals surface area (Å²) in [5, 5.41) is 2.75. The highest BCUT2D eigenvalue weighted by atomic mass is 32.2. The number of hydrogen-bond donors (Lipinski definition) is 2. The topological polar surface area (TPSA) is 75.3 Å². The van der Waals surface area contributed by atoms with Gasteiger partial charge in [-0.1, -0.05) is 30.3 Å². The molecule has 5 nitrogen and oxygen atoms in total. The summed E-state index contributed by atoms with van der Waals surface area (Å²) in [7, 11) is -3.81. The minimum Gasteiger partial charge on any atom is -0.322 e. The molecule has 0 aromatic heterocycles. The van der Waals surface area contributed by atoms with Crippen molar-refractivity contribution in [1.82, 2.24) is 0 Å². The van der Waals surface area contributed by atoms with Gasteiger partial charge in [-0.2, -0.15) is 0 Å². The molecule has 0 spiro atoms. The molecule has 0 bridgehead atoms. The molecule has 27 heavy (non-hydrogen) atoms. The number of para-hydroxylation sites is 1. The summed E-state index contributed by atoms with van der Waals surface area (Å²) in [5.41, 5.74) is 3.32. The Hall–Kier alpha value is -3.12. The molecule has 3 aromatic rings. The predicted molar refractivity (Wildman–Crippen MR) is 108 cm³/mol. The lowest BCUT2D eigenvalue weighted by molar-refractivity contribution is 0.102. The lowest BCUT2D eigenvalue weighted by atomic mass is 10.1. The summed E-state index contributed by atoms with van der Waals surface area (Å²) < 4.78 is 28.0. The number of anilines is 2. The van der Waals surface area contributed by atoms with E-state index in [1.807, 2.05) is 38.1 Å². The Bertz CT molecular complexity index is 1060. The number of hydrogen-bond acceptors (Lipinski definition) is 3. The van der Waals surface area contributed by atoms with E-state index in [-0.39, 0.29) is 16.4 Å². The van der Waals surface area contributed by atoms with Gasteiger partial charge in [0.05, 0.1) is 4.90 Å². The van der Waals surface area contributed by atoms with Crippen LogP contribution in [-0.2, 0) is 10.0 Å². The quantitative estimate of drug-likeness (QED) is 0.691. The molecule has 0 saturated carbocycles. The highest BCUT2D eigenvalue weighted by Gasteiger charge is 2.17. The fraction of sp³-hybridized carbons (Fsp3) is 0.0952. The van der Waals surface area contributed by atoms with Crippen molar-refractivity contribution in [3.63, 3.8) is 0 Å². The first-order chi connectivity index (χ1) is 12.8. The third-order valence-corrected chi connectivity index (χ3v) is 5.29. The molecule has 1 amide bonds. The smallest absolute Gasteiger partial charge is 0.261 e. The van der Waals surface area contributed by atoms with Crippen LogP contribution < -0.4 is 10.0 Å². The maximum atomic E-state index is 12.7. The first kappa shape index (κ1) is 18.7. The fourth-order valence-corrected chi connectivity index (χ4v) is 3.86. The molecule has 3 rings (SSSR count). The van der Waals surface area contributed by atoms with Crippen LogP contribution in [0.1, 0.15) is 21.5 Å². The van der Waals surface area contributed by atoms with Gasteiger partial charge in [-0.3, -0.25) is 9.52 Å². The van der Waals surface area contributed by atoms with Gasteiger partial charge in [-0.25, -0.2) is 8.42 Å². The Kier molecular flexibility index (Phi) is 5.28. The second kappa shape index (κ2) is 7.63. The van der Waals surface area contributed by atoms with Crippen molar-refractivity contribution in [2.45, 2.75) is 18.7 Å². The Labute approximate surface area is 159 Å². The SMILES string of the molecule is Cc1cc(C)cc(NS(=O)(=O)c2cccc(C(=O)Nc3ccccc3)c2)c1. The van der Waals surface area contributed by atoms with E-state index in [4.69, 9.17) is 0 Å². The minimum absolute atomic E-state index is 0.0300. The molecular formula is C21H20N2O3S. The van der Waals surface area contributed by atoms with Crippen LogP contribution in [0.4, 0.5) is 11.4 Å². The van der Waals surface area contributed by atoms with Crippen LogP contribution in [0.5, 0.6) is 0 Å². The van der Waals surface area contributed by atoms with E-state index in [2.05, 4.69) is 10.0 Å². The second-order valence-electron chi connectivity index (χ2n) is 6.33. The van der Waals surface area contributed by atoms with Crippen LogP contribution in [0.25, 0.3) is 0 Å². The van der Waals surface area contributed by atoms with Crippen LogP contribution in [-0.4, -0.2) is 14.3 Å². The number of amides is 1. The van der Waals surface area contributed by atoms with E-state index in [9.17, 15) is 13.2 Å². The average Bonchev–Trinajstić information content (AvgIpc) is 2.61. The Morgan fingerprint density at radius 2 is 1.44 bits per heavy atom. The number of carbonyl (C=O) groups is 1. The highest BCUT2D eigenvalue weighted by Crippen LogP contribution is 2.20. The van der Waals surface area contributed by atoms with Crippen LogP contribution in [0, 0.1) is 13.8 Å². The Morgan fingerprint density at radius 1 is 0.778 bits per heavy atom. The average molecular weight is 380 g/mol. The van der Waals surface area contributed by atoms with Gasteiger partial charge in [-0.05, 0) is 67.4 Å². The van der Waals surface area contributed by atoms with E-state index in [1.54, 1.807) is 36.4 Å². The monoisotopic (exact) mass is 380 g/mol. The lowest BCUT2D eigenvalue weighted by Crippen LogP contribution is -2.16. The summed E-state index contributed by atoms with van der Waals surface area (Å²) in [6, 6.07) is 20.4. The number of nitrogens with one attached hydrogen (secondary N) is 2. The normalized spacial score (nSPS) is 11.0. The van der Waals surface area contributed by atoms with Crippen molar-refractivity contribution in [3.8, 4) is 0 Å². The third-order valence-electron chi connectivity index (χ3n) is 3.91. The molecule has 0 heterocycles. The zero-order chi connectivity index (χ0) is 19.4. The standard InChI is InChI=1S/C21H20N2O3S/c1-15-11-16(2)13-19(12-15)23-27(25,26)20-10-6-7-17(14-20)21(24)22-18-8-4-3-5-9-18/h3-14,23H,1-2H3,(H,22,24). The molecule has 3 aromatic carbocycles. The van der Waals surface area contributed by atoms with E-state index in [0.717, 1.165) is 11.1 Å². The van der Waals surface area contributed by atoms with Crippen LogP contribution in [0.2, 0.25) is 0 Å². The molecule has 0 atom stereocenters. The summed E-state index contributed by atoms with van der Waals surface area (Å²) in [6.45, 7) is 3.80. The Morgan fingerprint density at radius 3 is 2.11 bits per heavy atom. The van der Waals surface area contributed by atoms with Crippen molar-refractivity contribution < 1.29 is 13.2 Å². The maximum absolute atomic E-state index is 12.7. The summed E-state index contributed by atoms with van der Waals surface area (Å²) >= 11 is 0. The molecule has 0 aliphatic carbocycles. The van der Waals surface area contributed by atoms with Gasteiger partial charge in [0.2, 0.25) is 0 Å². The second-order valence-corrected chi connectivity index (χ2v) is 8.01. The van der Waals surface area contributed by atoms with E-state index >= 15 is 0 Å². The van der Waals surface area contributed by atoms with Gasteiger partial charge in [0.15, 0.2) is 0 Å². The highest BCUT2D eigenvalue weighted by molar-refractivity contribution is 7.92. The summed E-state index contributed by atoms with van der Waals surface area (Å²) in [5.74, 6) is -0.371. The van der Waals surface area contributed by atoms with Crippen molar-refractivity contribution in [2.24, 2.45) is 0 Å². The van der Waals surface area contributed by atoms with Crippen molar-refractivity contribution in [1.29, 1.82) is 0 Å². The van der Waals surface area contributed by atoms with Crippen LogP contribution >= 0.6 is 0 Å². The van der Waals surface area contributed by atoms with Crippen LogP contribution in [0.15, 0.2) is 77.7 Å². The molecule has 0 unspecified atom stereocenters. The number of benzene rings is 3. The number of aryl methyl sites for hydroxylation is 2. The van der Waals surface area contributed by atoms with Gasteiger partial charge in [0.1, 0.15) is 0 Å². The third kappa shape index (κ3) is 4.74. The number of carbonyl (C=O) groups excluding carboxylic acids is 1. The van der Waals surface area contributed by atoms with Gasteiger partial charge in [0, 0.05) is 16.9 Å². The molecule has 0 radical (unpaired) electrons. The predicted octanol–water partition coefficient (Wildman–Crippen LogP) is 4.36. The molecule has 6 heteroatoms. The molecule has 0 aliphatic heterocycles. The van der Waals surface area contributed by atoms with Crippen molar-refractivity contribution in [3.05, 3.63) is 89.5 Å². The van der Waals surface area contributed by atoms with Gasteiger partial charge < -0.3 is 5.32 Å². The van der Waals surface area contributed by atoms with Gasteiger partial charge in [0.25, 0.3) is 15.9 Å². The first-order valence-electron chi connectivity index (χ1n) is 8.41. The number of sulfonamides is 1. The first-order valence-corrected chi connectivity index (χ1v) is 9.89. The Balaban J connectivity index is 1.84. The van der Waals surface area contributed by atoms with E-state index in [1.165, 1.54) is 12.1 Å². The molecular weight excluding hydrogens is 360 g/mol. The van der Waals surface area contributed by atoms with Gasteiger partial charge >= 0.3 is 0 Å². The molecule has 2 N–H and O–H groups in total.